The van der Waals surface area contributed by atoms with Crippen molar-refractivity contribution in [2.45, 2.75) is 19.8 Å². The standard InChI is InChI=1S/C16H16N2O4/c1-10-5-11(7-13(19)6-10)3-4-12-8-14(17-20)16(18-21)15(9-12)22-2/h3-4,7-10H,5-6H2,1-2H3/b4-3+. The van der Waals surface area contributed by atoms with E-state index in [1.807, 2.05) is 13.0 Å². The van der Waals surface area contributed by atoms with Gasteiger partial charge < -0.3 is 4.74 Å². The maximum absolute atomic E-state index is 11.5. The quantitative estimate of drug-likeness (QED) is 0.753. The van der Waals surface area contributed by atoms with E-state index in [0.717, 1.165) is 12.0 Å². The zero-order chi connectivity index (χ0) is 16.1. The van der Waals surface area contributed by atoms with Crippen molar-refractivity contribution in [3.05, 3.63) is 45.2 Å². The number of rotatable bonds is 5. The van der Waals surface area contributed by atoms with E-state index in [0.29, 0.717) is 17.9 Å². The number of benzene rings is 1. The second-order valence-corrected chi connectivity index (χ2v) is 5.31. The fourth-order valence-corrected chi connectivity index (χ4v) is 2.49. The SMILES string of the molecule is COc1cc(/C=C/C2=CC(=O)CC(C)C2)cc(N=O)c1N=O. The highest BCUT2D eigenvalue weighted by atomic mass is 16.5. The largest absolute Gasteiger partial charge is 0.494 e. The van der Waals surface area contributed by atoms with Crippen LogP contribution in [0.15, 0.2) is 40.2 Å². The van der Waals surface area contributed by atoms with Gasteiger partial charge >= 0.3 is 0 Å². The molecule has 0 radical (unpaired) electrons. The van der Waals surface area contributed by atoms with Gasteiger partial charge in [0.25, 0.3) is 0 Å². The van der Waals surface area contributed by atoms with Crippen LogP contribution in [0.1, 0.15) is 25.3 Å². The first-order valence-electron chi connectivity index (χ1n) is 6.87. The van der Waals surface area contributed by atoms with Crippen LogP contribution in [-0.2, 0) is 4.79 Å². The third-order valence-electron chi connectivity index (χ3n) is 3.46. The minimum atomic E-state index is -0.115. The molecule has 0 aliphatic heterocycles. The molecule has 1 unspecified atom stereocenters. The Kier molecular flexibility index (Phi) is 4.93. The van der Waals surface area contributed by atoms with Crippen molar-refractivity contribution in [1.29, 1.82) is 0 Å². The molecule has 114 valence electrons. The summed E-state index contributed by atoms with van der Waals surface area (Å²) in [6.07, 6.45) is 6.61. The smallest absolute Gasteiger partial charge is 0.179 e. The fraction of sp³-hybridized carbons (Fsp3) is 0.312. The molecule has 22 heavy (non-hydrogen) atoms. The van der Waals surface area contributed by atoms with Crippen molar-refractivity contribution in [2.75, 3.05) is 7.11 Å². The van der Waals surface area contributed by atoms with Crippen LogP contribution in [0.25, 0.3) is 6.08 Å². The molecular formula is C16H16N2O4. The molecule has 1 aromatic carbocycles. The Bertz CT molecular complexity index is 677. The second-order valence-electron chi connectivity index (χ2n) is 5.31. The molecule has 0 fully saturated rings. The number of carbonyl (C=O) groups excluding carboxylic acids is 1. The Balaban J connectivity index is 2.33. The molecule has 0 aromatic heterocycles. The average Bonchev–Trinajstić information content (AvgIpc) is 2.50. The van der Waals surface area contributed by atoms with E-state index in [9.17, 15) is 14.6 Å². The highest BCUT2D eigenvalue weighted by Crippen LogP contribution is 2.39. The van der Waals surface area contributed by atoms with Crippen LogP contribution in [-0.4, -0.2) is 12.9 Å². The third kappa shape index (κ3) is 3.52. The summed E-state index contributed by atoms with van der Waals surface area (Å²) in [5.74, 6) is 0.626. The van der Waals surface area contributed by atoms with Gasteiger partial charge in [-0.2, -0.15) is 0 Å². The Labute approximate surface area is 127 Å². The first kappa shape index (κ1) is 15.8. The van der Waals surface area contributed by atoms with Crippen LogP contribution in [0.5, 0.6) is 5.75 Å². The molecule has 0 bridgehead atoms. The summed E-state index contributed by atoms with van der Waals surface area (Å²) in [4.78, 5) is 33.1. The number of nitroso groups, excluding NO2 is 2. The van der Waals surface area contributed by atoms with Gasteiger partial charge in [-0.15, -0.1) is 9.81 Å². The maximum atomic E-state index is 11.5. The van der Waals surface area contributed by atoms with E-state index in [1.54, 1.807) is 18.2 Å². The van der Waals surface area contributed by atoms with Gasteiger partial charge in [-0.25, -0.2) is 0 Å². The van der Waals surface area contributed by atoms with Gasteiger partial charge in [-0.05, 0) is 52.0 Å². The predicted molar refractivity (Wildman–Crippen MR) is 84.4 cm³/mol. The van der Waals surface area contributed by atoms with Gasteiger partial charge in [-0.3, -0.25) is 4.79 Å². The van der Waals surface area contributed by atoms with Crippen molar-refractivity contribution in [2.24, 2.45) is 16.3 Å². The number of carbonyl (C=O) groups is 1. The van der Waals surface area contributed by atoms with Gasteiger partial charge in [0, 0.05) is 6.42 Å². The maximum Gasteiger partial charge on any atom is 0.179 e. The summed E-state index contributed by atoms with van der Waals surface area (Å²) in [7, 11) is 1.39. The molecule has 1 atom stereocenters. The number of ether oxygens (including phenoxy) is 1. The first-order valence-corrected chi connectivity index (χ1v) is 6.87. The fourth-order valence-electron chi connectivity index (χ4n) is 2.49. The number of hydrogen-bond donors (Lipinski definition) is 0. The zero-order valence-corrected chi connectivity index (χ0v) is 12.4. The lowest BCUT2D eigenvalue weighted by molar-refractivity contribution is -0.115. The molecule has 1 aliphatic carbocycles. The van der Waals surface area contributed by atoms with Crippen molar-refractivity contribution >= 4 is 23.2 Å². The Morgan fingerprint density at radius 3 is 2.55 bits per heavy atom. The molecule has 0 saturated heterocycles. The van der Waals surface area contributed by atoms with Crippen molar-refractivity contribution in [1.82, 2.24) is 0 Å². The summed E-state index contributed by atoms with van der Waals surface area (Å²) in [5.41, 5.74) is 1.39. The molecule has 1 aromatic rings. The lowest BCUT2D eigenvalue weighted by Gasteiger charge is -2.15. The van der Waals surface area contributed by atoms with E-state index in [2.05, 4.69) is 10.4 Å². The monoisotopic (exact) mass is 300 g/mol. The number of nitrogens with zero attached hydrogens (tertiary/aromatic N) is 2. The van der Waals surface area contributed by atoms with Crippen molar-refractivity contribution in [3.63, 3.8) is 0 Å². The molecule has 0 amide bonds. The van der Waals surface area contributed by atoms with E-state index >= 15 is 0 Å². The molecule has 0 N–H and O–H groups in total. The molecule has 0 spiro atoms. The number of ketones is 1. The van der Waals surface area contributed by atoms with Gasteiger partial charge in [-0.1, -0.05) is 19.1 Å². The topological polar surface area (TPSA) is 85.2 Å². The molecule has 1 aliphatic rings. The van der Waals surface area contributed by atoms with E-state index in [1.165, 1.54) is 13.2 Å². The molecule has 6 nitrogen and oxygen atoms in total. The minimum Gasteiger partial charge on any atom is -0.494 e. The summed E-state index contributed by atoms with van der Waals surface area (Å²) in [5, 5.41) is 5.58. The Morgan fingerprint density at radius 1 is 1.18 bits per heavy atom. The summed E-state index contributed by atoms with van der Waals surface area (Å²) < 4.78 is 5.05. The van der Waals surface area contributed by atoms with Crippen LogP contribution in [0.3, 0.4) is 0 Å². The van der Waals surface area contributed by atoms with Crippen LogP contribution in [0.2, 0.25) is 0 Å². The van der Waals surface area contributed by atoms with Gasteiger partial charge in [0.2, 0.25) is 0 Å². The van der Waals surface area contributed by atoms with E-state index in [4.69, 9.17) is 4.74 Å². The highest BCUT2D eigenvalue weighted by molar-refractivity contribution is 5.92. The minimum absolute atomic E-state index is 0.0731. The van der Waals surface area contributed by atoms with Crippen molar-refractivity contribution < 1.29 is 9.53 Å². The molecule has 0 heterocycles. The number of methoxy groups -OCH3 is 1. The van der Waals surface area contributed by atoms with Crippen LogP contribution in [0.4, 0.5) is 11.4 Å². The normalized spacial score (nSPS) is 18.2. The zero-order valence-electron chi connectivity index (χ0n) is 12.4. The summed E-state index contributed by atoms with van der Waals surface area (Å²) in [6, 6.07) is 3.05. The second kappa shape index (κ2) is 6.89. The van der Waals surface area contributed by atoms with Crippen molar-refractivity contribution in [3.8, 4) is 5.75 Å². The van der Waals surface area contributed by atoms with Crippen LogP contribution < -0.4 is 4.74 Å². The summed E-state index contributed by atoms with van der Waals surface area (Å²) >= 11 is 0. The number of allylic oxidation sites excluding steroid dienone is 3. The summed E-state index contributed by atoms with van der Waals surface area (Å²) in [6.45, 7) is 2.03. The lowest BCUT2D eigenvalue weighted by Crippen LogP contribution is -2.10. The lowest BCUT2D eigenvalue weighted by atomic mass is 9.89. The van der Waals surface area contributed by atoms with E-state index < -0.39 is 0 Å². The molecule has 2 rings (SSSR count). The number of hydrogen-bond acceptors (Lipinski definition) is 6. The Hall–Kier alpha value is -2.63. The van der Waals surface area contributed by atoms with Gasteiger partial charge in [0.05, 0.1) is 7.11 Å². The van der Waals surface area contributed by atoms with Crippen LogP contribution >= 0.6 is 0 Å². The molecule has 6 heteroatoms. The average molecular weight is 300 g/mol. The molecule has 0 saturated carbocycles. The Morgan fingerprint density at radius 2 is 1.95 bits per heavy atom. The highest BCUT2D eigenvalue weighted by Gasteiger charge is 2.16. The predicted octanol–water partition coefficient (Wildman–Crippen LogP) is 4.43. The van der Waals surface area contributed by atoms with Crippen LogP contribution in [0, 0.1) is 15.7 Å². The molecular weight excluding hydrogens is 284 g/mol. The third-order valence-corrected chi connectivity index (χ3v) is 3.46. The first-order chi connectivity index (χ1) is 10.6. The van der Waals surface area contributed by atoms with Gasteiger partial charge in [0.15, 0.2) is 17.2 Å². The van der Waals surface area contributed by atoms with E-state index in [-0.39, 0.29) is 22.9 Å². The van der Waals surface area contributed by atoms with Gasteiger partial charge in [0.1, 0.15) is 5.69 Å².